The summed E-state index contributed by atoms with van der Waals surface area (Å²) in [6.07, 6.45) is 0.184. The number of amides is 2. The summed E-state index contributed by atoms with van der Waals surface area (Å²) in [5.41, 5.74) is -0.179. The first kappa shape index (κ1) is 26.6. The maximum atomic E-state index is 13.3. The minimum absolute atomic E-state index is 0.0906. The zero-order valence-electron chi connectivity index (χ0n) is 20.7. The van der Waals surface area contributed by atoms with Gasteiger partial charge in [-0.2, -0.15) is 13.2 Å². The number of hydrogen-bond acceptors (Lipinski definition) is 6. The molecule has 2 N–H and O–H groups in total. The fourth-order valence-electron chi connectivity index (χ4n) is 4.59. The van der Waals surface area contributed by atoms with Gasteiger partial charge in [0, 0.05) is 43.9 Å². The van der Waals surface area contributed by atoms with Crippen molar-refractivity contribution in [3.8, 4) is 5.88 Å². The van der Waals surface area contributed by atoms with Crippen LogP contribution in [0.25, 0.3) is 0 Å². The number of H-pyrrole nitrogens is 1. The second-order valence-electron chi connectivity index (χ2n) is 9.77. The number of hydrogen-bond donors (Lipinski definition) is 2. The number of piperidine rings is 1. The van der Waals surface area contributed by atoms with Crippen LogP contribution >= 0.6 is 0 Å². The maximum absolute atomic E-state index is 13.3. The van der Waals surface area contributed by atoms with Gasteiger partial charge in [0.25, 0.3) is 11.5 Å². The lowest BCUT2D eigenvalue weighted by Crippen LogP contribution is -2.54. The molecule has 1 fully saturated rings. The van der Waals surface area contributed by atoms with Gasteiger partial charge in [0.05, 0.1) is 11.3 Å². The van der Waals surface area contributed by atoms with Gasteiger partial charge in [0.2, 0.25) is 11.8 Å². The molecule has 0 bridgehead atoms. The van der Waals surface area contributed by atoms with Crippen LogP contribution in [0.5, 0.6) is 5.88 Å². The molecule has 0 spiro atoms. The highest BCUT2D eigenvalue weighted by Gasteiger charge is 2.34. The van der Waals surface area contributed by atoms with E-state index in [1.54, 1.807) is 18.7 Å². The molecule has 0 aromatic carbocycles. The molecule has 9 nitrogen and oxygen atoms in total. The fourth-order valence-corrected chi connectivity index (χ4v) is 4.59. The largest absolute Gasteiger partial charge is 0.474 e. The van der Waals surface area contributed by atoms with Gasteiger partial charge in [-0.1, -0.05) is 13.8 Å². The van der Waals surface area contributed by atoms with Crippen LogP contribution in [0.4, 0.5) is 13.2 Å². The van der Waals surface area contributed by atoms with Gasteiger partial charge >= 0.3 is 6.18 Å². The van der Waals surface area contributed by atoms with E-state index in [4.69, 9.17) is 4.74 Å². The van der Waals surface area contributed by atoms with Gasteiger partial charge in [-0.3, -0.25) is 14.4 Å². The van der Waals surface area contributed by atoms with Crippen molar-refractivity contribution < 1.29 is 27.5 Å². The van der Waals surface area contributed by atoms with Gasteiger partial charge in [0.15, 0.2) is 5.69 Å². The number of aromatic nitrogens is 3. The van der Waals surface area contributed by atoms with E-state index in [1.807, 2.05) is 0 Å². The van der Waals surface area contributed by atoms with Gasteiger partial charge in [-0.25, -0.2) is 9.97 Å². The number of likely N-dealkylation sites (tertiary alicyclic amines) is 1. The predicted octanol–water partition coefficient (Wildman–Crippen LogP) is 2.89. The third-order valence-electron chi connectivity index (χ3n) is 6.70. The fraction of sp³-hybridized carbons (Fsp3) is 0.560. The summed E-state index contributed by atoms with van der Waals surface area (Å²) >= 11 is 0. The Kier molecular flexibility index (Phi) is 7.84. The molecule has 1 atom stereocenters. The molecule has 2 aliphatic rings. The van der Waals surface area contributed by atoms with Crippen LogP contribution in [-0.2, 0) is 23.8 Å². The second kappa shape index (κ2) is 10.9. The van der Waals surface area contributed by atoms with Crippen LogP contribution in [0.2, 0.25) is 0 Å². The topological polar surface area (TPSA) is 117 Å². The van der Waals surface area contributed by atoms with E-state index in [0.29, 0.717) is 38.0 Å². The number of aryl methyl sites for hydroxylation is 2. The normalized spacial score (nSPS) is 17.3. The Balaban J connectivity index is 1.35. The van der Waals surface area contributed by atoms with Crippen molar-refractivity contribution in [1.82, 2.24) is 25.2 Å². The van der Waals surface area contributed by atoms with Gasteiger partial charge < -0.3 is 19.9 Å². The summed E-state index contributed by atoms with van der Waals surface area (Å²) in [5, 5.41) is 2.70. The van der Waals surface area contributed by atoms with Crippen molar-refractivity contribution in [1.29, 1.82) is 0 Å². The molecule has 0 radical (unpaired) electrons. The number of nitrogens with one attached hydrogen (secondary N) is 2. The summed E-state index contributed by atoms with van der Waals surface area (Å²) < 4.78 is 43.9. The number of nitrogens with zero attached hydrogens (tertiary/aromatic N) is 3. The second-order valence-corrected chi connectivity index (χ2v) is 9.77. The zero-order valence-corrected chi connectivity index (χ0v) is 20.7. The highest BCUT2D eigenvalue weighted by molar-refractivity contribution is 5.96. The molecule has 37 heavy (non-hydrogen) atoms. The van der Waals surface area contributed by atoms with Crippen LogP contribution in [0, 0.1) is 5.92 Å². The molecule has 0 saturated carbocycles. The SMILES string of the molecule is CC(C)[C@H](NC(=O)c1nc2c([nH]c1=O)CCCC2)C(=O)N1CCC(Oc2ccc(C(F)(F)F)cn2)CC1. The highest BCUT2D eigenvalue weighted by atomic mass is 19.4. The standard InChI is InChI=1S/C25H30F3N5O4/c1-14(2)20(32-23(35)21-22(34)31-18-6-4-3-5-17(18)30-21)24(36)33-11-9-16(10-12-33)37-19-8-7-15(13-29-19)25(26,27)28/h7-8,13-14,16,20H,3-6,9-12H2,1-2H3,(H,31,34)(H,32,35)/t20-/m0/s1. The molecule has 1 saturated heterocycles. The minimum Gasteiger partial charge on any atom is -0.474 e. The molecule has 3 heterocycles. The molecular weight excluding hydrogens is 491 g/mol. The average Bonchev–Trinajstić information content (AvgIpc) is 2.86. The first-order valence-corrected chi connectivity index (χ1v) is 12.4. The first-order valence-electron chi connectivity index (χ1n) is 12.4. The minimum atomic E-state index is -4.47. The Morgan fingerprint density at radius 2 is 1.86 bits per heavy atom. The van der Waals surface area contributed by atoms with Crippen molar-refractivity contribution in [3.63, 3.8) is 0 Å². The lowest BCUT2D eigenvalue weighted by Gasteiger charge is -2.35. The van der Waals surface area contributed by atoms with E-state index in [1.165, 1.54) is 6.07 Å². The Morgan fingerprint density at radius 3 is 2.49 bits per heavy atom. The van der Waals surface area contributed by atoms with Gasteiger partial charge in [-0.15, -0.1) is 0 Å². The molecule has 2 aromatic rings. The quantitative estimate of drug-likeness (QED) is 0.604. The summed E-state index contributed by atoms with van der Waals surface area (Å²) in [4.78, 5) is 51.1. The summed E-state index contributed by atoms with van der Waals surface area (Å²) in [5.74, 6) is -1.11. The number of carbonyl (C=O) groups is 2. The lowest BCUT2D eigenvalue weighted by atomic mass is 9.99. The average molecular weight is 522 g/mol. The van der Waals surface area contributed by atoms with Crippen LogP contribution in [0.3, 0.4) is 0 Å². The third kappa shape index (κ3) is 6.28. The van der Waals surface area contributed by atoms with Crippen LogP contribution < -0.4 is 15.6 Å². The van der Waals surface area contributed by atoms with Gasteiger partial charge in [0.1, 0.15) is 12.1 Å². The Morgan fingerprint density at radius 1 is 1.16 bits per heavy atom. The smallest absolute Gasteiger partial charge is 0.417 e. The van der Waals surface area contributed by atoms with E-state index in [9.17, 15) is 27.6 Å². The van der Waals surface area contributed by atoms with Crippen molar-refractivity contribution in [3.05, 3.63) is 51.3 Å². The lowest BCUT2D eigenvalue weighted by molar-refractivity contribution is -0.138. The summed E-state index contributed by atoms with van der Waals surface area (Å²) in [6.45, 7) is 4.31. The first-order chi connectivity index (χ1) is 17.5. The Bertz CT molecular complexity index is 1190. The molecule has 4 rings (SSSR count). The zero-order chi connectivity index (χ0) is 26.7. The Labute approximate surface area is 211 Å². The molecule has 1 aliphatic carbocycles. The van der Waals surface area contributed by atoms with E-state index < -0.39 is 29.2 Å². The summed E-state index contributed by atoms with van der Waals surface area (Å²) in [7, 11) is 0. The summed E-state index contributed by atoms with van der Waals surface area (Å²) in [6, 6.07) is 1.25. The van der Waals surface area contributed by atoms with Crippen LogP contribution in [0.1, 0.15) is 67.0 Å². The number of ether oxygens (including phenoxy) is 1. The number of rotatable bonds is 6. The molecule has 1 aliphatic heterocycles. The van der Waals surface area contributed by atoms with Gasteiger partial charge in [-0.05, 0) is 37.7 Å². The number of pyridine rings is 1. The molecule has 0 unspecified atom stereocenters. The number of carbonyl (C=O) groups excluding carboxylic acids is 2. The van der Waals surface area contributed by atoms with E-state index in [-0.39, 0.29) is 29.5 Å². The van der Waals surface area contributed by atoms with E-state index >= 15 is 0 Å². The van der Waals surface area contributed by atoms with Crippen LogP contribution in [0.15, 0.2) is 23.1 Å². The van der Waals surface area contributed by atoms with Crippen molar-refractivity contribution in [2.75, 3.05) is 13.1 Å². The number of fused-ring (bicyclic) bond motifs is 1. The van der Waals surface area contributed by atoms with E-state index in [0.717, 1.165) is 37.2 Å². The van der Waals surface area contributed by atoms with Crippen molar-refractivity contribution >= 4 is 11.8 Å². The molecule has 200 valence electrons. The van der Waals surface area contributed by atoms with Crippen molar-refractivity contribution in [2.45, 2.75) is 70.7 Å². The monoisotopic (exact) mass is 521 g/mol. The third-order valence-corrected chi connectivity index (χ3v) is 6.70. The molecule has 2 aromatic heterocycles. The number of alkyl halides is 3. The molecule has 12 heteroatoms. The molecule has 2 amide bonds. The predicted molar refractivity (Wildman–Crippen MR) is 127 cm³/mol. The van der Waals surface area contributed by atoms with Crippen LogP contribution in [-0.4, -0.2) is 56.9 Å². The maximum Gasteiger partial charge on any atom is 0.417 e. The van der Waals surface area contributed by atoms with E-state index in [2.05, 4.69) is 20.3 Å². The number of aromatic amines is 1. The Hall–Kier alpha value is -3.44. The number of halogens is 3. The molecular formula is C25H30F3N5O4. The van der Waals surface area contributed by atoms with Crippen molar-refractivity contribution in [2.24, 2.45) is 5.92 Å². The highest BCUT2D eigenvalue weighted by Crippen LogP contribution is 2.29.